The number of halogens is 1. The number of nitrogens with one attached hydrogen (secondary N) is 1. The van der Waals surface area contributed by atoms with E-state index in [0.717, 1.165) is 35.8 Å². The van der Waals surface area contributed by atoms with Gasteiger partial charge in [0, 0.05) is 28.9 Å². The third-order valence-corrected chi connectivity index (χ3v) is 6.33. The van der Waals surface area contributed by atoms with Gasteiger partial charge in [-0.3, -0.25) is 4.79 Å². The van der Waals surface area contributed by atoms with Gasteiger partial charge in [0.25, 0.3) is 0 Å². The molecule has 2 heterocycles. The van der Waals surface area contributed by atoms with Crippen molar-refractivity contribution in [2.75, 3.05) is 5.75 Å². The lowest BCUT2D eigenvalue weighted by Crippen LogP contribution is -2.24. The first-order chi connectivity index (χ1) is 13.2. The summed E-state index contributed by atoms with van der Waals surface area (Å²) in [6.07, 6.45) is 3.11. The molecule has 0 bridgehead atoms. The zero-order valence-corrected chi connectivity index (χ0v) is 17.0. The van der Waals surface area contributed by atoms with Crippen molar-refractivity contribution in [3.63, 3.8) is 0 Å². The number of carbonyl (C=O) groups is 1. The quantitative estimate of drug-likeness (QED) is 0.553. The molecule has 1 aliphatic rings. The summed E-state index contributed by atoms with van der Waals surface area (Å²) < 4.78 is 2.22. The van der Waals surface area contributed by atoms with Gasteiger partial charge in [0.2, 0.25) is 5.91 Å². The minimum atomic E-state index is -0.0230. The van der Waals surface area contributed by atoms with Crippen LogP contribution in [-0.4, -0.2) is 26.4 Å². The van der Waals surface area contributed by atoms with E-state index >= 15 is 0 Å². The maximum absolute atomic E-state index is 12.2. The topological polar surface area (TPSA) is 59.8 Å². The number of amides is 1. The fourth-order valence-electron chi connectivity index (χ4n) is 2.82. The molecule has 1 aromatic carbocycles. The molecule has 8 heteroatoms. The van der Waals surface area contributed by atoms with Crippen LogP contribution in [0.3, 0.4) is 0 Å². The molecule has 0 spiro atoms. The summed E-state index contributed by atoms with van der Waals surface area (Å²) in [6, 6.07) is 12.2. The Morgan fingerprint density at radius 2 is 2.19 bits per heavy atom. The molecule has 0 unspecified atom stereocenters. The minimum absolute atomic E-state index is 0.0230. The highest BCUT2D eigenvalue weighted by molar-refractivity contribution is 7.99. The van der Waals surface area contributed by atoms with Gasteiger partial charge in [0.15, 0.2) is 5.16 Å². The van der Waals surface area contributed by atoms with Gasteiger partial charge in [-0.2, -0.15) is 0 Å². The van der Waals surface area contributed by atoms with E-state index in [-0.39, 0.29) is 5.91 Å². The minimum Gasteiger partial charge on any atom is -0.351 e. The van der Waals surface area contributed by atoms with E-state index in [0.29, 0.717) is 23.4 Å². The summed E-state index contributed by atoms with van der Waals surface area (Å²) in [4.78, 5) is 13.5. The number of carbonyl (C=O) groups excluding carboxylic acids is 1. The number of hydrogen-bond donors (Lipinski definition) is 1. The van der Waals surface area contributed by atoms with Crippen molar-refractivity contribution >= 4 is 40.6 Å². The van der Waals surface area contributed by atoms with E-state index in [2.05, 4.69) is 37.6 Å². The molecule has 0 saturated heterocycles. The van der Waals surface area contributed by atoms with Crippen molar-refractivity contribution in [1.82, 2.24) is 20.1 Å². The molecule has 3 aromatic rings. The number of rotatable bonds is 8. The number of benzene rings is 1. The van der Waals surface area contributed by atoms with Gasteiger partial charge in [-0.05, 0) is 42.0 Å². The van der Waals surface area contributed by atoms with E-state index in [1.54, 1.807) is 11.3 Å². The Bertz CT molecular complexity index is 922. The number of thiophene rings is 1. The molecular weight excluding hydrogens is 400 g/mol. The Hall–Kier alpha value is -1.83. The van der Waals surface area contributed by atoms with Gasteiger partial charge in [0.1, 0.15) is 5.82 Å². The van der Waals surface area contributed by atoms with E-state index < -0.39 is 0 Å². The molecule has 1 aliphatic carbocycles. The summed E-state index contributed by atoms with van der Waals surface area (Å²) in [5.41, 5.74) is 0.986. The van der Waals surface area contributed by atoms with Gasteiger partial charge in [-0.25, -0.2) is 0 Å². The highest BCUT2D eigenvalue weighted by Gasteiger charge is 2.29. The first kappa shape index (κ1) is 18.5. The number of hydrogen-bond acceptors (Lipinski definition) is 5. The Labute approximate surface area is 171 Å². The summed E-state index contributed by atoms with van der Waals surface area (Å²) in [5.74, 6) is 1.29. The third-order valence-electron chi connectivity index (χ3n) is 4.27. The molecular formula is C19H19ClN4OS2. The van der Waals surface area contributed by atoms with Crippen LogP contribution in [0.5, 0.6) is 0 Å². The van der Waals surface area contributed by atoms with Crippen molar-refractivity contribution < 1.29 is 4.79 Å². The van der Waals surface area contributed by atoms with E-state index in [1.807, 2.05) is 24.3 Å². The standard InChI is InChI=1S/C19H19ClN4OS2/c20-14-4-1-3-13(9-14)11-21-18(25)12-27-19-23-22-17(24(19)15-6-7-15)10-16-5-2-8-26-16/h1-5,8-9,15H,6-7,10-12H2,(H,21,25). The van der Waals surface area contributed by atoms with Gasteiger partial charge < -0.3 is 9.88 Å². The van der Waals surface area contributed by atoms with Crippen LogP contribution in [0.2, 0.25) is 5.02 Å². The summed E-state index contributed by atoms with van der Waals surface area (Å²) in [6.45, 7) is 0.471. The molecule has 0 aliphatic heterocycles. The largest absolute Gasteiger partial charge is 0.351 e. The first-order valence-corrected chi connectivity index (χ1v) is 11.0. The van der Waals surface area contributed by atoms with Crippen LogP contribution >= 0.6 is 34.7 Å². The Balaban J connectivity index is 1.35. The SMILES string of the molecule is O=C(CSc1nnc(Cc2cccs2)n1C1CC1)NCc1cccc(Cl)c1. The van der Waals surface area contributed by atoms with Crippen molar-refractivity contribution in [2.24, 2.45) is 0 Å². The smallest absolute Gasteiger partial charge is 0.230 e. The Morgan fingerprint density at radius 3 is 2.93 bits per heavy atom. The highest BCUT2D eigenvalue weighted by Crippen LogP contribution is 2.39. The van der Waals surface area contributed by atoms with E-state index in [9.17, 15) is 4.79 Å². The maximum atomic E-state index is 12.2. The van der Waals surface area contributed by atoms with Crippen LogP contribution < -0.4 is 5.32 Å². The Kier molecular flexibility index (Phi) is 5.80. The van der Waals surface area contributed by atoms with Crippen LogP contribution in [0, 0.1) is 0 Å². The molecule has 4 rings (SSSR count). The first-order valence-electron chi connectivity index (χ1n) is 8.79. The fourth-order valence-corrected chi connectivity index (χ4v) is 4.59. The normalized spacial score (nSPS) is 13.7. The molecule has 1 amide bonds. The van der Waals surface area contributed by atoms with Crippen molar-refractivity contribution in [2.45, 2.75) is 37.0 Å². The third kappa shape index (κ3) is 4.91. The van der Waals surface area contributed by atoms with E-state index in [1.165, 1.54) is 16.6 Å². The van der Waals surface area contributed by atoms with E-state index in [4.69, 9.17) is 11.6 Å². The van der Waals surface area contributed by atoms with Crippen molar-refractivity contribution in [3.05, 3.63) is 63.1 Å². The molecule has 0 radical (unpaired) electrons. The predicted octanol–water partition coefficient (Wildman–Crippen LogP) is 4.33. The van der Waals surface area contributed by atoms with Gasteiger partial charge in [0.05, 0.1) is 5.75 Å². The number of nitrogens with zero attached hydrogens (tertiary/aromatic N) is 3. The lowest BCUT2D eigenvalue weighted by molar-refractivity contribution is -0.118. The van der Waals surface area contributed by atoms with Gasteiger partial charge in [-0.15, -0.1) is 21.5 Å². The van der Waals surface area contributed by atoms with Crippen LogP contribution in [0.4, 0.5) is 0 Å². The molecule has 140 valence electrons. The molecule has 0 atom stereocenters. The summed E-state index contributed by atoms with van der Waals surface area (Å²) in [7, 11) is 0. The average molecular weight is 419 g/mol. The fraction of sp³-hybridized carbons (Fsp3) is 0.316. The predicted molar refractivity (Wildman–Crippen MR) is 109 cm³/mol. The average Bonchev–Trinajstić information content (AvgIpc) is 3.21. The monoisotopic (exact) mass is 418 g/mol. The molecule has 1 saturated carbocycles. The van der Waals surface area contributed by atoms with Gasteiger partial charge >= 0.3 is 0 Å². The van der Waals surface area contributed by atoms with Crippen LogP contribution in [0.25, 0.3) is 0 Å². The molecule has 2 aromatic heterocycles. The summed E-state index contributed by atoms with van der Waals surface area (Å²) in [5, 5.41) is 15.2. The summed E-state index contributed by atoms with van der Waals surface area (Å²) >= 11 is 9.15. The zero-order chi connectivity index (χ0) is 18.6. The van der Waals surface area contributed by atoms with Crippen LogP contribution in [0.1, 0.15) is 35.1 Å². The van der Waals surface area contributed by atoms with Crippen molar-refractivity contribution in [1.29, 1.82) is 0 Å². The second kappa shape index (κ2) is 8.46. The lowest BCUT2D eigenvalue weighted by atomic mass is 10.2. The molecule has 1 fully saturated rings. The highest BCUT2D eigenvalue weighted by atomic mass is 35.5. The number of aromatic nitrogens is 3. The number of thioether (sulfide) groups is 1. The Morgan fingerprint density at radius 1 is 1.30 bits per heavy atom. The lowest BCUT2D eigenvalue weighted by Gasteiger charge is -2.09. The molecule has 5 nitrogen and oxygen atoms in total. The van der Waals surface area contributed by atoms with Crippen molar-refractivity contribution in [3.8, 4) is 0 Å². The molecule has 27 heavy (non-hydrogen) atoms. The van der Waals surface area contributed by atoms with Crippen LogP contribution in [0.15, 0.2) is 46.9 Å². The molecule has 1 N–H and O–H groups in total. The maximum Gasteiger partial charge on any atom is 0.230 e. The second-order valence-electron chi connectivity index (χ2n) is 6.45. The van der Waals surface area contributed by atoms with Gasteiger partial charge in [-0.1, -0.05) is 41.6 Å². The zero-order valence-electron chi connectivity index (χ0n) is 14.6. The van der Waals surface area contributed by atoms with Crippen LogP contribution in [-0.2, 0) is 17.8 Å². The second-order valence-corrected chi connectivity index (χ2v) is 8.86.